The SMILES string of the molecule is CCOC(=O)CN1C(=O)SC(=Cc2cccc(OCc3ccc(F)cc3)c2)C1=O. The van der Waals surface area contributed by atoms with E-state index in [4.69, 9.17) is 9.47 Å². The lowest BCUT2D eigenvalue weighted by molar-refractivity contribution is -0.145. The molecule has 0 spiro atoms. The van der Waals surface area contributed by atoms with E-state index in [0.29, 0.717) is 11.3 Å². The van der Waals surface area contributed by atoms with Gasteiger partial charge in [-0.15, -0.1) is 0 Å². The van der Waals surface area contributed by atoms with E-state index in [1.54, 1.807) is 49.4 Å². The van der Waals surface area contributed by atoms with Crippen LogP contribution in [0.25, 0.3) is 6.08 Å². The molecule has 0 atom stereocenters. The van der Waals surface area contributed by atoms with Crippen LogP contribution in [0.3, 0.4) is 0 Å². The summed E-state index contributed by atoms with van der Waals surface area (Å²) >= 11 is 0.769. The molecular weight excluding hydrogens is 397 g/mol. The van der Waals surface area contributed by atoms with Gasteiger partial charge in [0.25, 0.3) is 11.1 Å². The fourth-order valence-electron chi connectivity index (χ4n) is 2.56. The lowest BCUT2D eigenvalue weighted by atomic mass is 10.2. The molecule has 29 heavy (non-hydrogen) atoms. The molecule has 0 aromatic heterocycles. The van der Waals surface area contributed by atoms with Gasteiger partial charge in [-0.3, -0.25) is 19.3 Å². The maximum absolute atomic E-state index is 13.0. The van der Waals surface area contributed by atoms with E-state index in [-0.39, 0.29) is 23.9 Å². The normalized spacial score (nSPS) is 15.1. The highest BCUT2D eigenvalue weighted by atomic mass is 32.2. The predicted molar refractivity (Wildman–Crippen MR) is 106 cm³/mol. The van der Waals surface area contributed by atoms with E-state index < -0.39 is 23.7 Å². The summed E-state index contributed by atoms with van der Waals surface area (Å²) < 4.78 is 23.5. The third-order valence-electron chi connectivity index (χ3n) is 3.94. The number of hydrogen-bond acceptors (Lipinski definition) is 6. The Bertz CT molecular complexity index is 958. The Labute approximate surface area is 171 Å². The van der Waals surface area contributed by atoms with Gasteiger partial charge in [0.2, 0.25) is 0 Å². The first-order valence-electron chi connectivity index (χ1n) is 8.84. The molecule has 0 saturated carbocycles. The number of imide groups is 1. The summed E-state index contributed by atoms with van der Waals surface area (Å²) in [4.78, 5) is 37.1. The average Bonchev–Trinajstić information content (AvgIpc) is 2.95. The van der Waals surface area contributed by atoms with Gasteiger partial charge in [-0.05, 0) is 60.2 Å². The van der Waals surface area contributed by atoms with Gasteiger partial charge in [-0.25, -0.2) is 4.39 Å². The van der Waals surface area contributed by atoms with Crippen LogP contribution in [0.1, 0.15) is 18.1 Å². The summed E-state index contributed by atoms with van der Waals surface area (Å²) in [5.41, 5.74) is 1.49. The van der Waals surface area contributed by atoms with Crippen molar-refractivity contribution >= 4 is 35.0 Å². The van der Waals surface area contributed by atoms with Crippen LogP contribution in [0, 0.1) is 5.82 Å². The number of halogens is 1. The predicted octanol–water partition coefficient (Wildman–Crippen LogP) is 4.00. The molecule has 2 aromatic carbocycles. The van der Waals surface area contributed by atoms with E-state index in [0.717, 1.165) is 22.2 Å². The number of hydrogen-bond donors (Lipinski definition) is 0. The highest BCUT2D eigenvalue weighted by Crippen LogP contribution is 2.32. The minimum absolute atomic E-state index is 0.176. The van der Waals surface area contributed by atoms with Gasteiger partial charge in [-0.1, -0.05) is 24.3 Å². The second-order valence-corrected chi connectivity index (χ2v) is 7.05. The maximum atomic E-state index is 13.0. The molecule has 0 unspecified atom stereocenters. The van der Waals surface area contributed by atoms with Crippen molar-refractivity contribution in [1.82, 2.24) is 4.90 Å². The molecule has 2 aromatic rings. The summed E-state index contributed by atoms with van der Waals surface area (Å²) in [6, 6.07) is 13.0. The lowest BCUT2D eigenvalue weighted by Crippen LogP contribution is -2.34. The van der Waals surface area contributed by atoms with Gasteiger partial charge < -0.3 is 9.47 Å². The lowest BCUT2D eigenvalue weighted by Gasteiger charge is -2.10. The quantitative estimate of drug-likeness (QED) is 0.503. The Balaban J connectivity index is 1.67. The van der Waals surface area contributed by atoms with Crippen LogP contribution in [0.4, 0.5) is 9.18 Å². The molecule has 1 saturated heterocycles. The number of benzene rings is 2. The Morgan fingerprint density at radius 3 is 2.66 bits per heavy atom. The Hall–Kier alpha value is -3.13. The molecule has 3 rings (SSSR count). The maximum Gasteiger partial charge on any atom is 0.326 e. The highest BCUT2D eigenvalue weighted by molar-refractivity contribution is 8.18. The standard InChI is InChI=1S/C21H18FNO5S/c1-2-27-19(24)12-23-20(25)18(29-21(23)26)11-15-4-3-5-17(10-15)28-13-14-6-8-16(22)9-7-14/h3-11H,2,12-13H2,1H3. The number of esters is 1. The number of carbonyl (C=O) groups excluding carboxylic acids is 3. The van der Waals surface area contributed by atoms with E-state index in [2.05, 4.69) is 0 Å². The first kappa shape index (κ1) is 20.6. The molecule has 8 heteroatoms. The van der Waals surface area contributed by atoms with Crippen LogP contribution in [0.2, 0.25) is 0 Å². The van der Waals surface area contributed by atoms with Crippen LogP contribution in [0.15, 0.2) is 53.4 Å². The van der Waals surface area contributed by atoms with Gasteiger partial charge in [-0.2, -0.15) is 0 Å². The molecule has 2 amide bonds. The summed E-state index contributed by atoms with van der Waals surface area (Å²) in [6.07, 6.45) is 1.57. The second-order valence-electron chi connectivity index (χ2n) is 6.06. The van der Waals surface area contributed by atoms with E-state index in [9.17, 15) is 18.8 Å². The number of rotatable bonds is 7. The van der Waals surface area contributed by atoms with E-state index >= 15 is 0 Å². The summed E-state index contributed by atoms with van der Waals surface area (Å²) in [6.45, 7) is 1.68. The van der Waals surface area contributed by atoms with Gasteiger partial charge in [0.15, 0.2) is 0 Å². The van der Waals surface area contributed by atoms with Crippen LogP contribution in [-0.4, -0.2) is 35.2 Å². The van der Waals surface area contributed by atoms with Crippen LogP contribution < -0.4 is 4.74 Å². The number of nitrogens with zero attached hydrogens (tertiary/aromatic N) is 1. The third-order valence-corrected chi connectivity index (χ3v) is 4.85. The first-order chi connectivity index (χ1) is 14.0. The molecule has 0 radical (unpaired) electrons. The topological polar surface area (TPSA) is 72.9 Å². The van der Waals surface area contributed by atoms with Crippen molar-refractivity contribution in [2.75, 3.05) is 13.2 Å². The zero-order valence-electron chi connectivity index (χ0n) is 15.6. The van der Waals surface area contributed by atoms with Crippen LogP contribution in [-0.2, 0) is 20.9 Å². The van der Waals surface area contributed by atoms with Crippen LogP contribution in [0.5, 0.6) is 5.75 Å². The minimum atomic E-state index is -0.632. The van der Waals surface area contributed by atoms with E-state index in [1.165, 1.54) is 12.1 Å². The summed E-state index contributed by atoms with van der Waals surface area (Å²) in [5, 5.41) is -0.516. The van der Waals surface area contributed by atoms with Crippen molar-refractivity contribution in [3.8, 4) is 5.75 Å². The number of carbonyl (C=O) groups is 3. The van der Waals surface area contributed by atoms with Gasteiger partial charge >= 0.3 is 5.97 Å². The Morgan fingerprint density at radius 1 is 1.17 bits per heavy atom. The number of thioether (sulfide) groups is 1. The van der Waals surface area contributed by atoms with Crippen molar-refractivity contribution in [1.29, 1.82) is 0 Å². The van der Waals surface area contributed by atoms with Gasteiger partial charge in [0.1, 0.15) is 24.7 Å². The van der Waals surface area contributed by atoms with E-state index in [1.807, 2.05) is 0 Å². The molecule has 1 fully saturated rings. The molecule has 1 aliphatic heterocycles. The third kappa shape index (κ3) is 5.45. The molecule has 0 bridgehead atoms. The number of ether oxygens (including phenoxy) is 2. The molecular formula is C21H18FNO5S. The van der Waals surface area contributed by atoms with Crippen molar-refractivity contribution in [2.24, 2.45) is 0 Å². The summed E-state index contributed by atoms with van der Waals surface area (Å²) in [5.74, 6) is -0.917. The molecule has 1 aliphatic rings. The monoisotopic (exact) mass is 415 g/mol. The van der Waals surface area contributed by atoms with Crippen LogP contribution >= 0.6 is 11.8 Å². The van der Waals surface area contributed by atoms with Crippen molar-refractivity contribution in [2.45, 2.75) is 13.5 Å². The number of amides is 2. The first-order valence-corrected chi connectivity index (χ1v) is 9.66. The smallest absolute Gasteiger partial charge is 0.326 e. The average molecular weight is 415 g/mol. The highest BCUT2D eigenvalue weighted by Gasteiger charge is 2.36. The zero-order chi connectivity index (χ0) is 20.8. The van der Waals surface area contributed by atoms with Gasteiger partial charge in [0, 0.05) is 0 Å². The molecule has 0 N–H and O–H groups in total. The fourth-order valence-corrected chi connectivity index (χ4v) is 3.40. The largest absolute Gasteiger partial charge is 0.489 e. The molecule has 0 aliphatic carbocycles. The Kier molecular flexibility index (Phi) is 6.66. The second kappa shape index (κ2) is 9.38. The van der Waals surface area contributed by atoms with Gasteiger partial charge in [0.05, 0.1) is 11.5 Å². The molecule has 1 heterocycles. The minimum Gasteiger partial charge on any atom is -0.489 e. The Morgan fingerprint density at radius 2 is 1.93 bits per heavy atom. The fraction of sp³-hybridized carbons (Fsp3) is 0.190. The molecule has 150 valence electrons. The van der Waals surface area contributed by atoms with Crippen molar-refractivity contribution < 1.29 is 28.2 Å². The zero-order valence-corrected chi connectivity index (χ0v) is 16.4. The van der Waals surface area contributed by atoms with Crippen molar-refractivity contribution in [3.05, 3.63) is 70.4 Å². The molecule has 6 nitrogen and oxygen atoms in total. The van der Waals surface area contributed by atoms with Crippen molar-refractivity contribution in [3.63, 3.8) is 0 Å². The summed E-state index contributed by atoms with van der Waals surface area (Å²) in [7, 11) is 0.